The molecule has 0 radical (unpaired) electrons. The zero-order valence-electron chi connectivity index (χ0n) is 14.7. The minimum Gasteiger partial charge on any atom is -0.479 e. The van der Waals surface area contributed by atoms with E-state index in [-0.39, 0.29) is 13.2 Å². The molecule has 2 atom stereocenters. The summed E-state index contributed by atoms with van der Waals surface area (Å²) >= 11 is 0. The molecule has 0 aromatic heterocycles. The molecule has 27 heavy (non-hydrogen) atoms. The summed E-state index contributed by atoms with van der Waals surface area (Å²) in [6.07, 6.45) is -2.58. The zero-order valence-corrected chi connectivity index (χ0v) is 14.7. The lowest BCUT2D eigenvalue weighted by molar-refractivity contribution is -0.170. The van der Waals surface area contributed by atoms with Gasteiger partial charge in [-0.25, -0.2) is 4.79 Å². The van der Waals surface area contributed by atoms with E-state index in [9.17, 15) is 19.5 Å². The molecule has 0 heterocycles. The minimum absolute atomic E-state index is 0.105. The molecule has 2 rings (SSSR count). The number of rotatable bonds is 10. The van der Waals surface area contributed by atoms with Crippen LogP contribution in [0.5, 0.6) is 0 Å². The second-order valence-corrected chi connectivity index (χ2v) is 5.54. The van der Waals surface area contributed by atoms with E-state index >= 15 is 0 Å². The van der Waals surface area contributed by atoms with Crippen LogP contribution in [-0.4, -0.2) is 42.3 Å². The number of benzene rings is 2. The van der Waals surface area contributed by atoms with Gasteiger partial charge in [-0.05, 0) is 5.56 Å². The van der Waals surface area contributed by atoms with Crippen molar-refractivity contribution in [2.24, 2.45) is 0 Å². The number of aliphatic carboxylic acids is 1. The number of carbonyl (C=O) groups is 3. The van der Waals surface area contributed by atoms with E-state index in [0.29, 0.717) is 11.1 Å². The lowest BCUT2D eigenvalue weighted by Gasteiger charge is -2.18. The van der Waals surface area contributed by atoms with Crippen molar-refractivity contribution in [3.05, 3.63) is 71.8 Å². The van der Waals surface area contributed by atoms with Crippen molar-refractivity contribution in [1.82, 2.24) is 0 Å². The van der Waals surface area contributed by atoms with Crippen LogP contribution in [0.25, 0.3) is 0 Å². The predicted octanol–water partition coefficient (Wildman–Crippen LogP) is 2.62. The normalized spacial score (nSPS) is 12.8. The molecule has 0 saturated heterocycles. The van der Waals surface area contributed by atoms with Gasteiger partial charge < -0.3 is 19.3 Å². The molecule has 1 N–H and O–H groups in total. The lowest BCUT2D eigenvalue weighted by atomic mass is 10.1. The summed E-state index contributed by atoms with van der Waals surface area (Å²) in [5, 5.41) is 9.30. The first kappa shape index (κ1) is 20.3. The summed E-state index contributed by atoms with van der Waals surface area (Å²) in [6.45, 7) is 0.930. The first-order valence-electron chi connectivity index (χ1n) is 8.26. The van der Waals surface area contributed by atoms with Gasteiger partial charge in [0.15, 0.2) is 6.10 Å². The highest BCUT2D eigenvalue weighted by Gasteiger charge is 2.25. The largest absolute Gasteiger partial charge is 0.479 e. The maximum absolute atomic E-state index is 12.4. The first-order valence-corrected chi connectivity index (χ1v) is 8.26. The van der Waals surface area contributed by atoms with Crippen molar-refractivity contribution in [3.8, 4) is 0 Å². The fourth-order valence-corrected chi connectivity index (χ4v) is 2.31. The van der Waals surface area contributed by atoms with Crippen molar-refractivity contribution in [3.63, 3.8) is 0 Å². The summed E-state index contributed by atoms with van der Waals surface area (Å²) in [5.74, 6) is -2.32. The quantitative estimate of drug-likeness (QED) is 0.296. The minimum atomic E-state index is -1.42. The van der Waals surface area contributed by atoms with Gasteiger partial charge in [-0.1, -0.05) is 60.7 Å². The summed E-state index contributed by atoms with van der Waals surface area (Å²) in [5.41, 5.74) is 0.819. The Kier molecular flexibility index (Phi) is 7.66. The van der Waals surface area contributed by atoms with Crippen LogP contribution in [0.15, 0.2) is 60.7 Å². The molecule has 0 aliphatic carbocycles. The number of carbonyl (C=O) groups excluding carboxylic acids is 2. The van der Waals surface area contributed by atoms with E-state index in [2.05, 4.69) is 0 Å². The molecule has 0 aliphatic rings. The third-order valence-corrected chi connectivity index (χ3v) is 3.51. The van der Waals surface area contributed by atoms with Gasteiger partial charge >= 0.3 is 11.9 Å². The van der Waals surface area contributed by atoms with Crippen LogP contribution in [0.1, 0.15) is 28.9 Å². The Morgan fingerprint density at radius 3 is 2.00 bits per heavy atom. The van der Waals surface area contributed by atoms with Crippen LogP contribution in [0.2, 0.25) is 0 Å². The van der Waals surface area contributed by atoms with Gasteiger partial charge in [0, 0.05) is 12.5 Å². The lowest BCUT2D eigenvalue weighted by Crippen LogP contribution is -2.31. The van der Waals surface area contributed by atoms with Gasteiger partial charge in [0.1, 0.15) is 0 Å². The molecule has 7 heteroatoms. The molecule has 2 unspecified atom stereocenters. The molecule has 0 amide bonds. The summed E-state index contributed by atoms with van der Waals surface area (Å²) in [4.78, 5) is 35.0. The Balaban J connectivity index is 1.93. The Morgan fingerprint density at radius 2 is 1.44 bits per heavy atom. The Hall–Kier alpha value is -3.03. The third-order valence-electron chi connectivity index (χ3n) is 3.51. The summed E-state index contributed by atoms with van der Waals surface area (Å²) in [7, 11) is 0. The fourth-order valence-electron chi connectivity index (χ4n) is 2.31. The molecule has 2 aromatic rings. The number of hydrogen-bond donors (Lipinski definition) is 1. The predicted molar refractivity (Wildman–Crippen MR) is 95.0 cm³/mol. The average Bonchev–Trinajstić information content (AvgIpc) is 2.67. The number of ketones is 1. The first-order chi connectivity index (χ1) is 13.0. The van der Waals surface area contributed by atoms with Gasteiger partial charge in [0.05, 0.1) is 13.2 Å². The van der Waals surface area contributed by atoms with E-state index in [1.54, 1.807) is 60.7 Å². The monoisotopic (exact) mass is 372 g/mol. The maximum Gasteiger partial charge on any atom is 0.337 e. The molecular formula is C20H20O7. The number of hydrogen-bond acceptors (Lipinski definition) is 6. The number of ether oxygens (including phenoxy) is 3. The highest BCUT2D eigenvalue weighted by atomic mass is 16.7. The number of Topliss-reactive ketones (excluding diaryl/α,β-unsaturated/α-hetero) is 1. The molecule has 142 valence electrons. The van der Waals surface area contributed by atoms with Gasteiger partial charge in [-0.15, -0.1) is 0 Å². The van der Waals surface area contributed by atoms with Crippen LogP contribution in [-0.2, 0) is 23.8 Å². The molecule has 2 aromatic carbocycles. The van der Waals surface area contributed by atoms with Crippen molar-refractivity contribution >= 4 is 17.7 Å². The molecule has 0 aliphatic heterocycles. The average molecular weight is 372 g/mol. The Bertz CT molecular complexity index is 758. The molecule has 0 saturated carbocycles. The SMILES string of the molecule is CC(=O)OC(OCCOC(C(=O)O)c1ccccc1)C(=O)c1ccccc1. The van der Waals surface area contributed by atoms with Crippen molar-refractivity contribution in [2.45, 2.75) is 19.3 Å². The molecule has 0 spiro atoms. The van der Waals surface area contributed by atoms with Gasteiger partial charge in [-0.3, -0.25) is 9.59 Å². The highest BCUT2D eigenvalue weighted by Crippen LogP contribution is 2.17. The van der Waals surface area contributed by atoms with E-state index in [1.165, 1.54) is 6.92 Å². The van der Waals surface area contributed by atoms with Crippen molar-refractivity contribution in [1.29, 1.82) is 0 Å². The van der Waals surface area contributed by atoms with Crippen LogP contribution < -0.4 is 0 Å². The van der Waals surface area contributed by atoms with Gasteiger partial charge in [0.25, 0.3) is 6.29 Å². The molecule has 0 bridgehead atoms. The van der Waals surface area contributed by atoms with Crippen LogP contribution >= 0.6 is 0 Å². The maximum atomic E-state index is 12.4. The van der Waals surface area contributed by atoms with Crippen LogP contribution in [0, 0.1) is 0 Å². The van der Waals surface area contributed by atoms with E-state index < -0.39 is 30.1 Å². The van der Waals surface area contributed by atoms with Crippen molar-refractivity contribution < 1.29 is 33.7 Å². The Labute approximate surface area is 156 Å². The summed E-state index contributed by atoms with van der Waals surface area (Å²) in [6, 6.07) is 16.7. The van der Waals surface area contributed by atoms with E-state index in [0.717, 1.165) is 0 Å². The van der Waals surface area contributed by atoms with Crippen LogP contribution in [0.3, 0.4) is 0 Å². The number of carboxylic acid groups (broad SMARTS) is 1. The smallest absolute Gasteiger partial charge is 0.337 e. The Morgan fingerprint density at radius 1 is 0.889 bits per heavy atom. The van der Waals surface area contributed by atoms with Gasteiger partial charge in [-0.2, -0.15) is 0 Å². The topological polar surface area (TPSA) is 99.1 Å². The second-order valence-electron chi connectivity index (χ2n) is 5.54. The highest BCUT2D eigenvalue weighted by molar-refractivity contribution is 5.99. The standard InChI is InChI=1S/C20H20O7/c1-14(21)27-20(17(22)15-8-4-2-5-9-15)26-13-12-25-18(19(23)24)16-10-6-3-7-11-16/h2-11,18,20H,12-13H2,1H3,(H,23,24). The molecular weight excluding hydrogens is 352 g/mol. The fraction of sp³-hybridized carbons (Fsp3) is 0.250. The summed E-state index contributed by atoms with van der Waals surface area (Å²) < 4.78 is 15.6. The number of carboxylic acids is 1. The van der Waals surface area contributed by atoms with Crippen LogP contribution in [0.4, 0.5) is 0 Å². The van der Waals surface area contributed by atoms with E-state index in [4.69, 9.17) is 14.2 Å². The zero-order chi connectivity index (χ0) is 19.6. The molecule has 7 nitrogen and oxygen atoms in total. The van der Waals surface area contributed by atoms with E-state index in [1.807, 2.05) is 0 Å². The third kappa shape index (κ3) is 6.32. The van der Waals surface area contributed by atoms with Crippen molar-refractivity contribution in [2.75, 3.05) is 13.2 Å². The van der Waals surface area contributed by atoms with Gasteiger partial charge in [0.2, 0.25) is 5.78 Å². The number of esters is 1. The molecule has 0 fully saturated rings. The second kappa shape index (κ2) is 10.2.